The van der Waals surface area contributed by atoms with Crippen LogP contribution < -0.4 is 16.8 Å². The Kier molecular flexibility index (Phi) is 5.36. The maximum Gasteiger partial charge on any atom is 0.224 e. The number of carbonyl (C=O) groups is 1. The first-order valence-corrected chi connectivity index (χ1v) is 5.53. The molecule has 1 rings (SSSR count). The van der Waals surface area contributed by atoms with Crippen LogP contribution in [0.2, 0.25) is 0 Å². The number of nitrogen functional groups attached to an aromatic ring is 1. The van der Waals surface area contributed by atoms with Crippen LogP contribution in [0.3, 0.4) is 0 Å². The van der Waals surface area contributed by atoms with Gasteiger partial charge in [-0.3, -0.25) is 4.79 Å². The number of nitrogens with two attached hydrogens (primary N) is 2. The number of anilines is 1. The molecule has 4 nitrogen and oxygen atoms in total. The van der Waals surface area contributed by atoms with E-state index in [0.717, 1.165) is 18.4 Å². The van der Waals surface area contributed by atoms with Crippen LogP contribution in [0.4, 0.5) is 5.69 Å². The Morgan fingerprint density at radius 3 is 2.81 bits per heavy atom. The summed E-state index contributed by atoms with van der Waals surface area (Å²) < 4.78 is 0. The van der Waals surface area contributed by atoms with Crippen molar-refractivity contribution in [3.8, 4) is 0 Å². The van der Waals surface area contributed by atoms with E-state index in [0.29, 0.717) is 25.2 Å². The van der Waals surface area contributed by atoms with Gasteiger partial charge in [0.1, 0.15) is 0 Å². The summed E-state index contributed by atoms with van der Waals surface area (Å²) in [6, 6.07) is 7.38. The molecule has 0 aromatic heterocycles. The van der Waals surface area contributed by atoms with Crippen molar-refractivity contribution < 1.29 is 4.79 Å². The fourth-order valence-electron chi connectivity index (χ4n) is 1.45. The molecule has 0 atom stereocenters. The molecule has 0 saturated carbocycles. The minimum atomic E-state index is 0.0302. The van der Waals surface area contributed by atoms with E-state index < -0.39 is 0 Å². The summed E-state index contributed by atoms with van der Waals surface area (Å²) in [4.78, 5) is 11.5. The normalized spacial score (nSPS) is 10.1. The van der Waals surface area contributed by atoms with Gasteiger partial charge in [-0.15, -0.1) is 0 Å². The average Bonchev–Trinajstić information content (AvgIpc) is 2.24. The smallest absolute Gasteiger partial charge is 0.224 e. The zero-order chi connectivity index (χ0) is 11.8. The lowest BCUT2D eigenvalue weighted by atomic mass is 10.1. The van der Waals surface area contributed by atoms with Gasteiger partial charge in [-0.25, -0.2) is 0 Å². The van der Waals surface area contributed by atoms with Crippen LogP contribution in [0.1, 0.15) is 18.4 Å². The number of carbonyl (C=O) groups excluding carboxylic acids is 1. The van der Waals surface area contributed by atoms with E-state index in [1.54, 1.807) is 0 Å². The van der Waals surface area contributed by atoms with Crippen LogP contribution >= 0.6 is 0 Å². The second kappa shape index (κ2) is 6.85. The quantitative estimate of drug-likeness (QED) is 0.488. The van der Waals surface area contributed by atoms with E-state index in [9.17, 15) is 4.79 Å². The third kappa shape index (κ3) is 4.79. The van der Waals surface area contributed by atoms with E-state index in [-0.39, 0.29) is 5.91 Å². The maximum atomic E-state index is 11.5. The minimum Gasteiger partial charge on any atom is -0.399 e. The van der Waals surface area contributed by atoms with Crippen LogP contribution in [0, 0.1) is 0 Å². The third-order valence-electron chi connectivity index (χ3n) is 2.27. The lowest BCUT2D eigenvalue weighted by Gasteiger charge is -2.05. The van der Waals surface area contributed by atoms with E-state index in [1.807, 2.05) is 24.3 Å². The van der Waals surface area contributed by atoms with Gasteiger partial charge in [0.25, 0.3) is 0 Å². The molecule has 0 aliphatic rings. The molecular formula is C12H19N3O. The summed E-state index contributed by atoms with van der Waals surface area (Å²) in [5.41, 5.74) is 12.6. The Bertz CT molecular complexity index is 339. The van der Waals surface area contributed by atoms with Gasteiger partial charge >= 0.3 is 0 Å². The van der Waals surface area contributed by atoms with Crippen LogP contribution in [0.5, 0.6) is 0 Å². The van der Waals surface area contributed by atoms with Gasteiger partial charge in [-0.1, -0.05) is 12.1 Å². The molecule has 4 heteroatoms. The van der Waals surface area contributed by atoms with Crippen molar-refractivity contribution in [2.75, 3.05) is 18.8 Å². The lowest BCUT2D eigenvalue weighted by molar-refractivity contribution is -0.120. The Hall–Kier alpha value is -1.55. The SMILES string of the molecule is NCCCCNC(=O)Cc1cccc(N)c1. The summed E-state index contributed by atoms with van der Waals surface area (Å²) in [5.74, 6) is 0.0302. The first-order chi connectivity index (χ1) is 7.72. The van der Waals surface area contributed by atoms with Gasteiger partial charge in [-0.05, 0) is 37.1 Å². The predicted molar refractivity (Wildman–Crippen MR) is 65.9 cm³/mol. The third-order valence-corrected chi connectivity index (χ3v) is 2.27. The number of rotatable bonds is 6. The molecule has 0 bridgehead atoms. The van der Waals surface area contributed by atoms with Gasteiger partial charge in [0, 0.05) is 12.2 Å². The molecule has 88 valence electrons. The van der Waals surface area contributed by atoms with Gasteiger partial charge in [-0.2, -0.15) is 0 Å². The highest BCUT2D eigenvalue weighted by Gasteiger charge is 2.02. The molecule has 5 N–H and O–H groups in total. The lowest BCUT2D eigenvalue weighted by Crippen LogP contribution is -2.26. The molecule has 0 radical (unpaired) electrons. The molecule has 0 aliphatic carbocycles. The van der Waals surface area contributed by atoms with Gasteiger partial charge in [0.05, 0.1) is 6.42 Å². The highest BCUT2D eigenvalue weighted by atomic mass is 16.1. The number of hydrogen-bond donors (Lipinski definition) is 3. The molecule has 0 aliphatic heterocycles. The Morgan fingerprint density at radius 2 is 2.12 bits per heavy atom. The Labute approximate surface area is 96.0 Å². The summed E-state index contributed by atoms with van der Waals surface area (Å²) in [6.07, 6.45) is 2.26. The van der Waals surface area contributed by atoms with Crippen molar-refractivity contribution in [3.63, 3.8) is 0 Å². The molecule has 1 amide bonds. The fourth-order valence-corrected chi connectivity index (χ4v) is 1.45. The fraction of sp³-hybridized carbons (Fsp3) is 0.417. The topological polar surface area (TPSA) is 81.1 Å². The van der Waals surface area contributed by atoms with Crippen molar-refractivity contribution in [2.45, 2.75) is 19.3 Å². The number of benzene rings is 1. The summed E-state index contributed by atoms with van der Waals surface area (Å²) in [6.45, 7) is 1.36. The summed E-state index contributed by atoms with van der Waals surface area (Å²) in [7, 11) is 0. The second-order valence-electron chi connectivity index (χ2n) is 3.77. The molecular weight excluding hydrogens is 202 g/mol. The zero-order valence-electron chi connectivity index (χ0n) is 9.41. The minimum absolute atomic E-state index is 0.0302. The number of nitrogens with one attached hydrogen (secondary N) is 1. The number of hydrogen-bond acceptors (Lipinski definition) is 3. The number of unbranched alkanes of at least 4 members (excludes halogenated alkanes) is 1. The van der Waals surface area contributed by atoms with E-state index >= 15 is 0 Å². The molecule has 0 unspecified atom stereocenters. The first kappa shape index (κ1) is 12.5. The van der Waals surface area contributed by atoms with Crippen molar-refractivity contribution in [2.24, 2.45) is 5.73 Å². The van der Waals surface area contributed by atoms with Crippen molar-refractivity contribution in [3.05, 3.63) is 29.8 Å². The van der Waals surface area contributed by atoms with E-state index in [4.69, 9.17) is 11.5 Å². The molecule has 16 heavy (non-hydrogen) atoms. The molecule has 0 spiro atoms. The van der Waals surface area contributed by atoms with Gasteiger partial charge < -0.3 is 16.8 Å². The van der Waals surface area contributed by atoms with Crippen molar-refractivity contribution in [1.82, 2.24) is 5.32 Å². The van der Waals surface area contributed by atoms with Gasteiger partial charge in [0.2, 0.25) is 5.91 Å². The zero-order valence-corrected chi connectivity index (χ0v) is 9.41. The Morgan fingerprint density at radius 1 is 1.31 bits per heavy atom. The second-order valence-corrected chi connectivity index (χ2v) is 3.77. The van der Waals surface area contributed by atoms with Crippen molar-refractivity contribution in [1.29, 1.82) is 0 Å². The highest BCUT2D eigenvalue weighted by molar-refractivity contribution is 5.78. The van der Waals surface area contributed by atoms with E-state index in [1.165, 1.54) is 0 Å². The van der Waals surface area contributed by atoms with Crippen molar-refractivity contribution >= 4 is 11.6 Å². The van der Waals surface area contributed by atoms with Crippen LogP contribution in [0.15, 0.2) is 24.3 Å². The van der Waals surface area contributed by atoms with Crippen LogP contribution in [0.25, 0.3) is 0 Å². The first-order valence-electron chi connectivity index (χ1n) is 5.53. The van der Waals surface area contributed by atoms with Gasteiger partial charge in [0.15, 0.2) is 0 Å². The molecule has 0 saturated heterocycles. The monoisotopic (exact) mass is 221 g/mol. The summed E-state index contributed by atoms with van der Waals surface area (Å²) >= 11 is 0. The molecule has 0 heterocycles. The highest BCUT2D eigenvalue weighted by Crippen LogP contribution is 2.06. The Balaban J connectivity index is 2.29. The predicted octanol–water partition coefficient (Wildman–Crippen LogP) is 0.666. The average molecular weight is 221 g/mol. The number of amides is 1. The van der Waals surface area contributed by atoms with Crippen LogP contribution in [-0.2, 0) is 11.2 Å². The van der Waals surface area contributed by atoms with Crippen LogP contribution in [-0.4, -0.2) is 19.0 Å². The molecule has 0 fully saturated rings. The van der Waals surface area contributed by atoms with E-state index in [2.05, 4.69) is 5.32 Å². The maximum absolute atomic E-state index is 11.5. The summed E-state index contributed by atoms with van der Waals surface area (Å²) in [5, 5.41) is 2.85. The largest absolute Gasteiger partial charge is 0.399 e. The standard InChI is InChI=1S/C12H19N3O/c13-6-1-2-7-15-12(16)9-10-4-3-5-11(14)8-10/h3-5,8H,1-2,6-7,9,13-14H2,(H,15,16). The molecule has 1 aromatic carbocycles. The molecule has 1 aromatic rings.